The second kappa shape index (κ2) is 9.03. The molecule has 0 aliphatic heterocycles. The molecule has 0 aliphatic carbocycles. The summed E-state index contributed by atoms with van der Waals surface area (Å²) in [6.07, 6.45) is 5.18. The van der Waals surface area contributed by atoms with Gasteiger partial charge in [-0.25, -0.2) is 9.97 Å². The van der Waals surface area contributed by atoms with Crippen LogP contribution in [-0.2, 0) is 4.74 Å². The number of aromatic nitrogens is 2. The van der Waals surface area contributed by atoms with Crippen molar-refractivity contribution in [3.05, 3.63) is 47.9 Å². The van der Waals surface area contributed by atoms with Crippen molar-refractivity contribution in [3.8, 4) is 22.9 Å². The number of allylic oxidation sites excluding steroid dienone is 1. The molecule has 2 aromatic rings. The van der Waals surface area contributed by atoms with Crippen LogP contribution in [0.3, 0.4) is 0 Å². The van der Waals surface area contributed by atoms with E-state index in [2.05, 4.69) is 31.9 Å². The van der Waals surface area contributed by atoms with E-state index in [0.717, 1.165) is 11.1 Å². The number of nitriles is 1. The number of nitrogens with zero attached hydrogens (tertiary/aromatic N) is 4. The van der Waals surface area contributed by atoms with E-state index in [9.17, 15) is 0 Å². The SMILES string of the molecule is C/C=C(Nc1ncc(-c2ccc(C#N)c(OC)c2)cn1)\C(=N/NC)OC. The van der Waals surface area contributed by atoms with Crippen molar-refractivity contribution in [2.45, 2.75) is 6.92 Å². The molecule has 0 saturated heterocycles. The lowest BCUT2D eigenvalue weighted by atomic mass is 10.1. The molecule has 0 radical (unpaired) electrons. The Labute approximate surface area is 152 Å². The first-order chi connectivity index (χ1) is 12.7. The Morgan fingerprint density at radius 3 is 2.50 bits per heavy atom. The van der Waals surface area contributed by atoms with E-state index >= 15 is 0 Å². The maximum Gasteiger partial charge on any atom is 0.254 e. The predicted molar refractivity (Wildman–Crippen MR) is 99.6 cm³/mol. The van der Waals surface area contributed by atoms with Crippen LogP contribution in [0.5, 0.6) is 5.75 Å². The minimum absolute atomic E-state index is 0.388. The predicted octanol–water partition coefficient (Wildman–Crippen LogP) is 2.52. The zero-order chi connectivity index (χ0) is 18.9. The number of rotatable bonds is 6. The highest BCUT2D eigenvalue weighted by Gasteiger charge is 2.10. The highest BCUT2D eigenvalue weighted by molar-refractivity contribution is 5.95. The Hall–Kier alpha value is -3.60. The van der Waals surface area contributed by atoms with Gasteiger partial charge in [-0.3, -0.25) is 0 Å². The number of nitrogens with one attached hydrogen (secondary N) is 2. The summed E-state index contributed by atoms with van der Waals surface area (Å²) in [5, 5.41) is 16.2. The van der Waals surface area contributed by atoms with E-state index in [1.807, 2.05) is 19.1 Å². The van der Waals surface area contributed by atoms with Gasteiger partial charge < -0.3 is 20.2 Å². The van der Waals surface area contributed by atoms with Crippen molar-refractivity contribution in [2.24, 2.45) is 5.10 Å². The molecule has 0 spiro atoms. The van der Waals surface area contributed by atoms with Gasteiger partial charge in [0.05, 0.1) is 19.8 Å². The lowest BCUT2D eigenvalue weighted by molar-refractivity contribution is 0.399. The van der Waals surface area contributed by atoms with Crippen LogP contribution in [0.15, 0.2) is 47.5 Å². The summed E-state index contributed by atoms with van der Waals surface area (Å²) in [4.78, 5) is 8.64. The summed E-state index contributed by atoms with van der Waals surface area (Å²) in [5.41, 5.74) is 5.44. The first-order valence-corrected chi connectivity index (χ1v) is 7.79. The third-order valence-electron chi connectivity index (χ3n) is 3.48. The maximum atomic E-state index is 9.07. The normalized spacial score (nSPS) is 11.5. The molecule has 0 unspecified atom stereocenters. The fourth-order valence-corrected chi connectivity index (χ4v) is 2.19. The van der Waals surface area contributed by atoms with Crippen LogP contribution in [0.1, 0.15) is 12.5 Å². The number of hydrazone groups is 1. The standard InChI is InChI=1S/C18H20N6O2/c1-5-15(17(26-4)24-20-2)23-18-21-10-14(11-22-18)12-6-7-13(9-19)16(8-12)25-3/h5-8,10-11,20H,1-4H3,(H,21,22,23)/b15-5+,24-17+. The Morgan fingerprint density at radius 2 is 1.96 bits per heavy atom. The van der Waals surface area contributed by atoms with Gasteiger partial charge in [0.25, 0.3) is 5.90 Å². The highest BCUT2D eigenvalue weighted by atomic mass is 16.5. The molecule has 8 nitrogen and oxygen atoms in total. The minimum atomic E-state index is 0.388. The van der Waals surface area contributed by atoms with Gasteiger partial charge in [0, 0.05) is 25.0 Å². The van der Waals surface area contributed by atoms with Gasteiger partial charge in [-0.1, -0.05) is 12.1 Å². The fraction of sp³-hybridized carbons (Fsp3) is 0.222. The first-order valence-electron chi connectivity index (χ1n) is 7.79. The quantitative estimate of drug-likeness (QED) is 0.467. The number of anilines is 1. The van der Waals surface area contributed by atoms with Gasteiger partial charge in [-0.05, 0) is 24.6 Å². The van der Waals surface area contributed by atoms with Crippen LogP contribution in [-0.4, -0.2) is 37.1 Å². The molecule has 0 amide bonds. The van der Waals surface area contributed by atoms with Gasteiger partial charge in [-0.2, -0.15) is 5.26 Å². The molecular weight excluding hydrogens is 332 g/mol. The number of hydrogen-bond donors (Lipinski definition) is 2. The Bertz CT molecular complexity index is 853. The summed E-state index contributed by atoms with van der Waals surface area (Å²) < 4.78 is 10.5. The van der Waals surface area contributed by atoms with E-state index in [1.165, 1.54) is 14.2 Å². The molecule has 0 fully saturated rings. The molecule has 0 bridgehead atoms. The third-order valence-corrected chi connectivity index (χ3v) is 3.48. The second-order valence-electron chi connectivity index (χ2n) is 4.99. The van der Waals surface area contributed by atoms with E-state index in [0.29, 0.717) is 28.9 Å². The van der Waals surface area contributed by atoms with Gasteiger partial charge in [-0.15, -0.1) is 5.10 Å². The molecule has 26 heavy (non-hydrogen) atoms. The summed E-state index contributed by atoms with van der Waals surface area (Å²) in [6, 6.07) is 7.40. The topological polar surface area (TPSA) is 104 Å². The zero-order valence-corrected chi connectivity index (χ0v) is 15.1. The smallest absolute Gasteiger partial charge is 0.254 e. The average Bonchev–Trinajstić information content (AvgIpc) is 2.70. The number of hydrogen-bond acceptors (Lipinski definition) is 8. The molecule has 0 saturated carbocycles. The molecule has 8 heteroatoms. The van der Waals surface area contributed by atoms with Crippen LogP contribution in [0.4, 0.5) is 5.95 Å². The number of ether oxygens (including phenoxy) is 2. The highest BCUT2D eigenvalue weighted by Crippen LogP contribution is 2.26. The molecule has 2 rings (SSSR count). The zero-order valence-electron chi connectivity index (χ0n) is 15.1. The number of methoxy groups -OCH3 is 2. The molecular formula is C18H20N6O2. The van der Waals surface area contributed by atoms with Gasteiger partial charge in [0.1, 0.15) is 17.5 Å². The van der Waals surface area contributed by atoms with Crippen molar-refractivity contribution in [1.82, 2.24) is 15.4 Å². The van der Waals surface area contributed by atoms with Crippen molar-refractivity contribution in [3.63, 3.8) is 0 Å². The van der Waals surface area contributed by atoms with Gasteiger partial charge >= 0.3 is 0 Å². The minimum Gasteiger partial charge on any atom is -0.495 e. The molecule has 1 aromatic carbocycles. The molecule has 1 aromatic heterocycles. The van der Waals surface area contributed by atoms with Crippen LogP contribution >= 0.6 is 0 Å². The lowest BCUT2D eigenvalue weighted by Crippen LogP contribution is -2.17. The van der Waals surface area contributed by atoms with Crippen LogP contribution in [0.25, 0.3) is 11.1 Å². The molecule has 0 atom stereocenters. The van der Waals surface area contributed by atoms with Crippen molar-refractivity contribution >= 4 is 11.8 Å². The fourth-order valence-electron chi connectivity index (χ4n) is 2.19. The molecule has 1 heterocycles. The maximum absolute atomic E-state index is 9.07. The van der Waals surface area contributed by atoms with Crippen molar-refractivity contribution < 1.29 is 9.47 Å². The Balaban J connectivity index is 2.23. The van der Waals surface area contributed by atoms with Gasteiger partial charge in [0.15, 0.2) is 0 Å². The van der Waals surface area contributed by atoms with E-state index in [4.69, 9.17) is 14.7 Å². The summed E-state index contributed by atoms with van der Waals surface area (Å²) in [6.45, 7) is 1.85. The number of benzene rings is 1. The summed E-state index contributed by atoms with van der Waals surface area (Å²) >= 11 is 0. The van der Waals surface area contributed by atoms with Crippen LogP contribution < -0.4 is 15.5 Å². The summed E-state index contributed by atoms with van der Waals surface area (Å²) in [5.74, 6) is 1.30. The average molecular weight is 352 g/mol. The summed E-state index contributed by atoms with van der Waals surface area (Å²) in [7, 11) is 4.75. The van der Waals surface area contributed by atoms with Crippen molar-refractivity contribution in [2.75, 3.05) is 26.6 Å². The molecule has 0 aliphatic rings. The monoisotopic (exact) mass is 352 g/mol. The third kappa shape index (κ3) is 4.27. The largest absolute Gasteiger partial charge is 0.495 e. The molecule has 2 N–H and O–H groups in total. The van der Waals surface area contributed by atoms with Crippen LogP contribution in [0, 0.1) is 11.3 Å². The van der Waals surface area contributed by atoms with E-state index in [-0.39, 0.29) is 0 Å². The molecule has 134 valence electrons. The lowest BCUT2D eigenvalue weighted by Gasteiger charge is -2.11. The van der Waals surface area contributed by atoms with Crippen LogP contribution in [0.2, 0.25) is 0 Å². The van der Waals surface area contributed by atoms with E-state index in [1.54, 1.807) is 31.6 Å². The second-order valence-corrected chi connectivity index (χ2v) is 4.99. The Morgan fingerprint density at radius 1 is 1.23 bits per heavy atom. The van der Waals surface area contributed by atoms with Gasteiger partial charge in [0.2, 0.25) is 5.95 Å². The van der Waals surface area contributed by atoms with Crippen molar-refractivity contribution in [1.29, 1.82) is 5.26 Å². The van der Waals surface area contributed by atoms with E-state index < -0.39 is 0 Å². The Kier molecular flexibility index (Phi) is 6.51. The first kappa shape index (κ1) is 18.7.